The van der Waals surface area contributed by atoms with Crippen molar-refractivity contribution in [3.63, 3.8) is 0 Å². The summed E-state index contributed by atoms with van der Waals surface area (Å²) >= 11 is 0. The van der Waals surface area contributed by atoms with Crippen LogP contribution in [0.5, 0.6) is 5.88 Å². The van der Waals surface area contributed by atoms with Crippen LogP contribution in [0.3, 0.4) is 0 Å². The first-order valence-electron chi connectivity index (χ1n) is 12.1. The van der Waals surface area contributed by atoms with E-state index < -0.39 is 0 Å². The van der Waals surface area contributed by atoms with E-state index in [9.17, 15) is 0 Å². The van der Waals surface area contributed by atoms with Crippen LogP contribution in [0.1, 0.15) is 38.1 Å². The zero-order valence-electron chi connectivity index (χ0n) is 20.3. The van der Waals surface area contributed by atoms with Gasteiger partial charge in [0.25, 0.3) is 0 Å². The van der Waals surface area contributed by atoms with Crippen molar-refractivity contribution in [2.24, 2.45) is 0 Å². The highest BCUT2D eigenvalue weighted by Gasteiger charge is 2.12. The van der Waals surface area contributed by atoms with Crippen LogP contribution in [0.2, 0.25) is 0 Å². The third kappa shape index (κ3) is 6.58. The van der Waals surface area contributed by atoms with Gasteiger partial charge in [-0.1, -0.05) is 56.3 Å². The van der Waals surface area contributed by atoms with Crippen LogP contribution in [0, 0.1) is 0 Å². The van der Waals surface area contributed by atoms with E-state index >= 15 is 0 Å². The van der Waals surface area contributed by atoms with Gasteiger partial charge >= 0.3 is 0 Å². The summed E-state index contributed by atoms with van der Waals surface area (Å²) in [6.07, 6.45) is 12.2. The van der Waals surface area contributed by atoms with Crippen molar-refractivity contribution in [2.45, 2.75) is 39.8 Å². The number of benzene rings is 1. The van der Waals surface area contributed by atoms with Gasteiger partial charge < -0.3 is 10.1 Å². The molecule has 0 amide bonds. The van der Waals surface area contributed by atoms with Crippen LogP contribution < -0.4 is 10.1 Å². The fourth-order valence-corrected chi connectivity index (χ4v) is 3.82. The summed E-state index contributed by atoms with van der Waals surface area (Å²) in [5.41, 5.74) is 4.84. The Kier molecular flexibility index (Phi) is 8.68. The Morgan fingerprint density at radius 2 is 1.77 bits per heavy atom. The van der Waals surface area contributed by atoms with Gasteiger partial charge in [-0.3, -0.25) is 9.97 Å². The average molecular weight is 466 g/mol. The quantitative estimate of drug-likeness (QED) is 0.272. The highest BCUT2D eigenvalue weighted by molar-refractivity contribution is 5.96. The van der Waals surface area contributed by atoms with Crippen molar-refractivity contribution in [3.05, 3.63) is 102 Å². The summed E-state index contributed by atoms with van der Waals surface area (Å²) in [4.78, 5) is 8.97. The summed E-state index contributed by atoms with van der Waals surface area (Å²) in [6, 6.07) is 17.9. The van der Waals surface area contributed by atoms with Crippen molar-refractivity contribution in [3.8, 4) is 17.1 Å². The zero-order chi connectivity index (χ0) is 24.3. The molecule has 0 saturated carbocycles. The van der Waals surface area contributed by atoms with Gasteiger partial charge in [-0.25, -0.2) is 0 Å². The Labute approximate surface area is 206 Å². The molecule has 4 aromatic rings. The molecule has 0 fully saturated rings. The number of rotatable bonds is 11. The van der Waals surface area contributed by atoms with Crippen LogP contribution in [0.15, 0.2) is 90.8 Å². The van der Waals surface area contributed by atoms with Crippen molar-refractivity contribution < 1.29 is 4.74 Å². The number of fused-ring (bicyclic) bond motifs is 1. The van der Waals surface area contributed by atoms with Crippen molar-refractivity contribution in [1.82, 2.24) is 25.5 Å². The van der Waals surface area contributed by atoms with Crippen LogP contribution in [0.25, 0.3) is 22.0 Å². The molecule has 4 rings (SSSR count). The number of allylic oxidation sites excluding steroid dienone is 2. The molecule has 3 heterocycles. The second-order valence-corrected chi connectivity index (χ2v) is 8.15. The summed E-state index contributed by atoms with van der Waals surface area (Å²) in [6.45, 7) is 6.13. The molecular formula is C29H31N5O. The molecule has 0 atom stereocenters. The number of nitrogens with one attached hydrogen (secondary N) is 1. The highest BCUT2D eigenvalue weighted by atomic mass is 16.5. The van der Waals surface area contributed by atoms with E-state index in [0.29, 0.717) is 19.0 Å². The van der Waals surface area contributed by atoms with Gasteiger partial charge in [0.1, 0.15) is 12.3 Å². The van der Waals surface area contributed by atoms with Gasteiger partial charge in [0, 0.05) is 41.8 Å². The fraction of sp³-hybridized carbons (Fsp3) is 0.241. The minimum absolute atomic E-state index is 0.318. The first-order valence-corrected chi connectivity index (χ1v) is 12.1. The SMILES string of the molecule is CC/C=C\C(=C/CC)CNCc1cccc(COc2nnc(-c3cccnc3)c3ccccc23)n1. The van der Waals surface area contributed by atoms with E-state index in [1.165, 1.54) is 5.57 Å². The maximum atomic E-state index is 6.08. The van der Waals surface area contributed by atoms with Gasteiger partial charge in [-0.15, -0.1) is 10.2 Å². The molecule has 6 nitrogen and oxygen atoms in total. The monoisotopic (exact) mass is 465 g/mol. The van der Waals surface area contributed by atoms with Crippen molar-refractivity contribution in [1.29, 1.82) is 0 Å². The van der Waals surface area contributed by atoms with Crippen LogP contribution in [0.4, 0.5) is 0 Å². The van der Waals surface area contributed by atoms with Gasteiger partial charge in [0.2, 0.25) is 5.88 Å². The predicted molar refractivity (Wildman–Crippen MR) is 141 cm³/mol. The average Bonchev–Trinajstić information content (AvgIpc) is 2.91. The summed E-state index contributed by atoms with van der Waals surface area (Å²) in [7, 11) is 0. The van der Waals surface area contributed by atoms with Crippen LogP contribution >= 0.6 is 0 Å². The molecule has 178 valence electrons. The van der Waals surface area contributed by atoms with E-state index in [1.54, 1.807) is 12.4 Å². The maximum Gasteiger partial charge on any atom is 0.241 e. The highest BCUT2D eigenvalue weighted by Crippen LogP contribution is 2.30. The van der Waals surface area contributed by atoms with E-state index in [-0.39, 0.29) is 0 Å². The van der Waals surface area contributed by atoms with Gasteiger partial charge in [-0.05, 0) is 48.7 Å². The number of aromatic nitrogens is 4. The molecule has 0 spiro atoms. The normalized spacial score (nSPS) is 11.9. The van der Waals surface area contributed by atoms with E-state index in [0.717, 1.165) is 52.8 Å². The van der Waals surface area contributed by atoms with Gasteiger partial charge in [0.05, 0.1) is 11.4 Å². The van der Waals surface area contributed by atoms with Crippen LogP contribution in [-0.4, -0.2) is 26.7 Å². The predicted octanol–water partition coefficient (Wildman–Crippen LogP) is 6.06. The molecule has 6 heteroatoms. The number of ether oxygens (including phenoxy) is 1. The van der Waals surface area contributed by atoms with Crippen molar-refractivity contribution >= 4 is 10.8 Å². The molecule has 0 saturated heterocycles. The van der Waals surface area contributed by atoms with Crippen molar-refractivity contribution in [2.75, 3.05) is 6.54 Å². The molecule has 0 unspecified atom stereocenters. The van der Waals surface area contributed by atoms with Gasteiger partial charge in [0.15, 0.2) is 0 Å². The largest absolute Gasteiger partial charge is 0.470 e. The Morgan fingerprint density at radius 3 is 2.57 bits per heavy atom. The molecule has 35 heavy (non-hydrogen) atoms. The maximum absolute atomic E-state index is 6.08. The number of hydrogen-bond acceptors (Lipinski definition) is 6. The molecule has 0 bridgehead atoms. The Balaban J connectivity index is 1.43. The molecule has 1 N–H and O–H groups in total. The number of nitrogens with zero attached hydrogens (tertiary/aromatic N) is 4. The third-order valence-corrected chi connectivity index (χ3v) is 5.48. The van der Waals surface area contributed by atoms with E-state index in [4.69, 9.17) is 9.72 Å². The Morgan fingerprint density at radius 1 is 0.914 bits per heavy atom. The van der Waals surface area contributed by atoms with E-state index in [2.05, 4.69) is 52.6 Å². The lowest BCUT2D eigenvalue weighted by molar-refractivity contribution is 0.289. The smallest absolute Gasteiger partial charge is 0.241 e. The lowest BCUT2D eigenvalue weighted by Gasteiger charge is -2.11. The summed E-state index contributed by atoms with van der Waals surface area (Å²) in [5, 5.41) is 14.2. The standard InChI is InChI=1S/C29H31N5O/c1-3-5-11-22(10-4-2)18-31-20-24-13-8-14-25(32-24)21-35-29-27-16-7-6-15-26(27)28(33-34-29)23-12-9-17-30-19-23/h5-17,19,31H,3-4,18,20-21H2,1-2H3/b11-5-,22-10+. The molecule has 0 aliphatic rings. The lowest BCUT2D eigenvalue weighted by Crippen LogP contribution is -2.17. The first kappa shape index (κ1) is 24.2. The van der Waals surface area contributed by atoms with Crippen LogP contribution in [-0.2, 0) is 13.2 Å². The molecule has 0 aliphatic heterocycles. The Bertz CT molecular complexity index is 1300. The second kappa shape index (κ2) is 12.5. The Hall–Kier alpha value is -3.90. The zero-order valence-corrected chi connectivity index (χ0v) is 20.3. The third-order valence-electron chi connectivity index (χ3n) is 5.48. The fourth-order valence-electron chi connectivity index (χ4n) is 3.82. The first-order chi connectivity index (χ1) is 17.3. The minimum atomic E-state index is 0.318. The van der Waals surface area contributed by atoms with E-state index in [1.807, 2.05) is 54.6 Å². The molecule has 0 radical (unpaired) electrons. The lowest BCUT2D eigenvalue weighted by atomic mass is 10.1. The molecule has 3 aromatic heterocycles. The number of pyridine rings is 2. The minimum Gasteiger partial charge on any atom is -0.470 e. The molecular weight excluding hydrogens is 434 g/mol. The molecule has 1 aromatic carbocycles. The number of hydrogen-bond donors (Lipinski definition) is 1. The molecule has 0 aliphatic carbocycles. The topological polar surface area (TPSA) is 72.8 Å². The summed E-state index contributed by atoms with van der Waals surface area (Å²) < 4.78 is 6.08. The van der Waals surface area contributed by atoms with Gasteiger partial charge in [-0.2, -0.15) is 0 Å². The summed E-state index contributed by atoms with van der Waals surface area (Å²) in [5.74, 6) is 0.496. The second-order valence-electron chi connectivity index (χ2n) is 8.15.